The number of carbonyl (C=O) groups excluding carboxylic acids is 2. The summed E-state index contributed by atoms with van der Waals surface area (Å²) in [5.74, 6) is -0.453. The zero-order valence-electron chi connectivity index (χ0n) is 12.7. The molecule has 1 saturated heterocycles. The monoisotopic (exact) mass is 285 g/mol. The quantitative estimate of drug-likeness (QED) is 0.677. The van der Waals surface area contributed by atoms with E-state index in [1.807, 2.05) is 13.8 Å². The number of hydrogen-bond acceptors (Lipinski definition) is 5. The molecule has 20 heavy (non-hydrogen) atoms. The molecule has 0 aliphatic carbocycles. The first kappa shape index (κ1) is 16.9. The van der Waals surface area contributed by atoms with Gasteiger partial charge in [0.25, 0.3) is 0 Å². The van der Waals surface area contributed by atoms with E-state index >= 15 is 0 Å². The lowest BCUT2D eigenvalue weighted by Gasteiger charge is -2.30. The normalized spacial score (nSPS) is 20.2. The van der Waals surface area contributed by atoms with Crippen molar-refractivity contribution >= 4 is 11.9 Å². The molecule has 2 unspecified atom stereocenters. The summed E-state index contributed by atoms with van der Waals surface area (Å²) in [6, 6.07) is -0.318. The van der Waals surface area contributed by atoms with Gasteiger partial charge in [-0.3, -0.25) is 9.69 Å². The first-order chi connectivity index (χ1) is 9.47. The van der Waals surface area contributed by atoms with Gasteiger partial charge in [-0.15, -0.1) is 0 Å². The Morgan fingerprint density at radius 3 is 2.50 bits per heavy atom. The first-order valence-corrected chi connectivity index (χ1v) is 7.33. The summed E-state index contributed by atoms with van der Waals surface area (Å²) in [4.78, 5) is 25.8. The molecule has 0 aromatic heterocycles. The third-order valence-corrected chi connectivity index (χ3v) is 3.98. The van der Waals surface area contributed by atoms with E-state index in [0.717, 1.165) is 32.4 Å². The average Bonchev–Trinajstić information content (AvgIpc) is 2.45. The van der Waals surface area contributed by atoms with Crippen LogP contribution >= 0.6 is 0 Å². The molecule has 2 atom stereocenters. The number of ether oxygens (including phenoxy) is 1. The molecule has 1 rings (SSSR count). The fourth-order valence-electron chi connectivity index (χ4n) is 2.33. The number of rotatable bonds is 6. The van der Waals surface area contributed by atoms with E-state index in [0.29, 0.717) is 6.54 Å². The highest BCUT2D eigenvalue weighted by molar-refractivity contribution is 5.85. The molecule has 3 N–H and O–H groups in total. The third-order valence-electron chi connectivity index (χ3n) is 3.98. The molecule has 0 aromatic carbocycles. The molecule has 0 bridgehead atoms. The van der Waals surface area contributed by atoms with Crippen molar-refractivity contribution < 1.29 is 14.3 Å². The maximum Gasteiger partial charge on any atom is 0.328 e. The molecule has 6 heteroatoms. The highest BCUT2D eigenvalue weighted by atomic mass is 16.5. The van der Waals surface area contributed by atoms with Gasteiger partial charge in [0.15, 0.2) is 0 Å². The van der Waals surface area contributed by atoms with Gasteiger partial charge in [0, 0.05) is 19.1 Å². The van der Waals surface area contributed by atoms with Crippen LogP contribution in [0.15, 0.2) is 0 Å². The second-order valence-corrected chi connectivity index (χ2v) is 5.57. The lowest BCUT2D eigenvalue weighted by Crippen LogP contribution is -2.50. The lowest BCUT2D eigenvalue weighted by atomic mass is 9.99. The van der Waals surface area contributed by atoms with Gasteiger partial charge in [0.05, 0.1) is 13.7 Å². The minimum absolute atomic E-state index is 0.0566. The minimum Gasteiger partial charge on any atom is -0.467 e. The van der Waals surface area contributed by atoms with Gasteiger partial charge in [-0.05, 0) is 18.8 Å². The Morgan fingerprint density at radius 1 is 1.40 bits per heavy atom. The second-order valence-electron chi connectivity index (χ2n) is 5.57. The van der Waals surface area contributed by atoms with Crippen LogP contribution in [-0.2, 0) is 14.3 Å². The highest BCUT2D eigenvalue weighted by Crippen LogP contribution is 2.10. The molecule has 116 valence electrons. The van der Waals surface area contributed by atoms with Gasteiger partial charge < -0.3 is 15.8 Å². The van der Waals surface area contributed by atoms with Crippen molar-refractivity contribution in [1.29, 1.82) is 0 Å². The van der Waals surface area contributed by atoms with Crippen molar-refractivity contribution in [1.82, 2.24) is 10.2 Å². The van der Waals surface area contributed by atoms with Crippen molar-refractivity contribution in [3.05, 3.63) is 0 Å². The number of likely N-dealkylation sites (tertiary alicyclic amines) is 1. The fraction of sp³-hybridized carbons (Fsp3) is 0.857. The Labute approximate surface area is 121 Å². The van der Waals surface area contributed by atoms with Crippen LogP contribution in [0.5, 0.6) is 0 Å². The van der Waals surface area contributed by atoms with Crippen molar-refractivity contribution in [2.45, 2.75) is 45.2 Å². The standard InChI is InChI=1S/C14H27N3O3/c1-4-10(2)13(14(19)20-3)16-12(18)9-17-7-5-11(15)6-8-17/h10-11,13H,4-9,15H2,1-3H3,(H,16,18). The number of nitrogens with zero attached hydrogens (tertiary/aromatic N) is 1. The molecule has 0 aromatic rings. The Balaban J connectivity index is 2.47. The van der Waals surface area contributed by atoms with E-state index in [2.05, 4.69) is 10.2 Å². The maximum absolute atomic E-state index is 12.1. The van der Waals surface area contributed by atoms with Crippen LogP contribution in [-0.4, -0.2) is 55.6 Å². The number of methoxy groups -OCH3 is 1. The average molecular weight is 285 g/mol. The molecule has 0 spiro atoms. The van der Waals surface area contributed by atoms with Gasteiger partial charge in [-0.25, -0.2) is 4.79 Å². The van der Waals surface area contributed by atoms with E-state index < -0.39 is 6.04 Å². The summed E-state index contributed by atoms with van der Waals surface area (Å²) in [5.41, 5.74) is 5.84. The van der Waals surface area contributed by atoms with E-state index in [9.17, 15) is 9.59 Å². The Bertz CT molecular complexity index is 328. The predicted octanol–water partition coefficient (Wildman–Crippen LogP) is 0.113. The molecule has 1 heterocycles. The summed E-state index contributed by atoms with van der Waals surface area (Å²) in [7, 11) is 1.34. The number of piperidine rings is 1. The van der Waals surface area contributed by atoms with Crippen LogP contribution < -0.4 is 11.1 Å². The highest BCUT2D eigenvalue weighted by Gasteiger charge is 2.27. The maximum atomic E-state index is 12.1. The number of hydrogen-bond donors (Lipinski definition) is 2. The molecule has 1 aliphatic rings. The number of amides is 1. The summed E-state index contributed by atoms with van der Waals surface area (Å²) >= 11 is 0. The third kappa shape index (κ3) is 5.09. The largest absolute Gasteiger partial charge is 0.467 e. The smallest absolute Gasteiger partial charge is 0.328 e. The van der Waals surface area contributed by atoms with E-state index in [-0.39, 0.29) is 23.8 Å². The van der Waals surface area contributed by atoms with Crippen LogP contribution in [0.4, 0.5) is 0 Å². The van der Waals surface area contributed by atoms with Crippen molar-refractivity contribution in [2.24, 2.45) is 11.7 Å². The van der Waals surface area contributed by atoms with Gasteiger partial charge in [-0.1, -0.05) is 20.3 Å². The molecule has 1 amide bonds. The van der Waals surface area contributed by atoms with Gasteiger partial charge in [-0.2, -0.15) is 0 Å². The zero-order valence-corrected chi connectivity index (χ0v) is 12.7. The fourth-order valence-corrected chi connectivity index (χ4v) is 2.33. The van der Waals surface area contributed by atoms with Crippen molar-refractivity contribution in [3.63, 3.8) is 0 Å². The van der Waals surface area contributed by atoms with Gasteiger partial charge in [0.2, 0.25) is 5.91 Å². The van der Waals surface area contributed by atoms with Gasteiger partial charge >= 0.3 is 5.97 Å². The first-order valence-electron chi connectivity index (χ1n) is 7.33. The van der Waals surface area contributed by atoms with Crippen molar-refractivity contribution in [3.8, 4) is 0 Å². The summed E-state index contributed by atoms with van der Waals surface area (Å²) < 4.78 is 4.76. The molecule has 1 aliphatic heterocycles. The van der Waals surface area contributed by atoms with Gasteiger partial charge in [0.1, 0.15) is 6.04 Å². The molecule has 0 radical (unpaired) electrons. The molecule has 6 nitrogen and oxygen atoms in total. The van der Waals surface area contributed by atoms with Crippen LogP contribution in [0.1, 0.15) is 33.1 Å². The Kier molecular flexibility index (Phi) is 6.95. The van der Waals surface area contributed by atoms with E-state index in [1.165, 1.54) is 7.11 Å². The minimum atomic E-state index is -0.565. The van der Waals surface area contributed by atoms with Crippen LogP contribution in [0.2, 0.25) is 0 Å². The van der Waals surface area contributed by atoms with Crippen LogP contribution in [0.3, 0.4) is 0 Å². The topological polar surface area (TPSA) is 84.7 Å². The lowest BCUT2D eigenvalue weighted by molar-refractivity contribution is -0.146. The van der Waals surface area contributed by atoms with E-state index in [4.69, 9.17) is 10.5 Å². The molecule has 0 saturated carbocycles. The Morgan fingerprint density at radius 2 is 2.00 bits per heavy atom. The second kappa shape index (κ2) is 8.21. The van der Waals surface area contributed by atoms with E-state index in [1.54, 1.807) is 0 Å². The molecular weight excluding hydrogens is 258 g/mol. The summed E-state index contributed by atoms with van der Waals surface area (Å²) in [6.07, 6.45) is 2.64. The van der Waals surface area contributed by atoms with Crippen LogP contribution in [0.25, 0.3) is 0 Å². The SMILES string of the molecule is CCC(C)C(NC(=O)CN1CCC(N)CC1)C(=O)OC. The van der Waals surface area contributed by atoms with Crippen molar-refractivity contribution in [2.75, 3.05) is 26.7 Å². The molecular formula is C14H27N3O3. The Hall–Kier alpha value is -1.14. The van der Waals surface area contributed by atoms with Crippen LogP contribution in [0, 0.1) is 5.92 Å². The summed E-state index contributed by atoms with van der Waals surface area (Å²) in [5, 5.41) is 2.79. The summed E-state index contributed by atoms with van der Waals surface area (Å²) in [6.45, 7) is 5.90. The zero-order chi connectivity index (χ0) is 15.1. The number of esters is 1. The number of nitrogens with one attached hydrogen (secondary N) is 1. The molecule has 1 fully saturated rings. The number of carbonyl (C=O) groups is 2. The predicted molar refractivity (Wildman–Crippen MR) is 77.1 cm³/mol. The number of nitrogens with two attached hydrogens (primary N) is 1.